The zero-order valence-corrected chi connectivity index (χ0v) is 11.6. The van der Waals surface area contributed by atoms with Crippen molar-refractivity contribution in [2.45, 2.75) is 44.3 Å². The number of esters is 3. The van der Waals surface area contributed by atoms with Gasteiger partial charge in [0, 0.05) is 5.57 Å². The number of ether oxygens (including phenoxy) is 3. The quantitative estimate of drug-likeness (QED) is 0.438. The number of rotatable bonds is 3. The van der Waals surface area contributed by atoms with Gasteiger partial charge in [-0.25, -0.2) is 9.59 Å². The summed E-state index contributed by atoms with van der Waals surface area (Å²) in [5.74, 6) is -2.88. The van der Waals surface area contributed by atoms with Gasteiger partial charge >= 0.3 is 17.9 Å². The van der Waals surface area contributed by atoms with Gasteiger partial charge in [0.05, 0.1) is 7.11 Å². The molecule has 6 heteroatoms. The Kier molecular flexibility index (Phi) is 3.83. The summed E-state index contributed by atoms with van der Waals surface area (Å²) in [6, 6.07) is 0. The minimum absolute atomic E-state index is 0.161. The Morgan fingerprint density at radius 1 is 1.35 bits per heavy atom. The highest BCUT2D eigenvalue weighted by molar-refractivity contribution is 5.93. The van der Waals surface area contributed by atoms with E-state index in [4.69, 9.17) is 14.2 Å². The van der Waals surface area contributed by atoms with Crippen LogP contribution in [0, 0.1) is 5.92 Å². The Morgan fingerprint density at radius 3 is 2.45 bits per heavy atom. The number of hydrogen-bond acceptors (Lipinski definition) is 6. The fourth-order valence-corrected chi connectivity index (χ4v) is 2.92. The summed E-state index contributed by atoms with van der Waals surface area (Å²) in [5.41, 5.74) is -0.724. The molecule has 2 fully saturated rings. The molecule has 2 rings (SSSR count). The molecule has 20 heavy (non-hydrogen) atoms. The van der Waals surface area contributed by atoms with E-state index in [9.17, 15) is 14.4 Å². The molecule has 0 N–H and O–H groups in total. The second kappa shape index (κ2) is 5.26. The van der Waals surface area contributed by atoms with E-state index in [2.05, 4.69) is 6.58 Å². The zero-order valence-electron chi connectivity index (χ0n) is 11.6. The van der Waals surface area contributed by atoms with Crippen molar-refractivity contribution in [3.63, 3.8) is 0 Å². The molecule has 0 bridgehead atoms. The van der Waals surface area contributed by atoms with Crippen molar-refractivity contribution < 1.29 is 28.6 Å². The third kappa shape index (κ3) is 2.30. The second-order valence-corrected chi connectivity index (χ2v) is 5.30. The fraction of sp³-hybridized carbons (Fsp3) is 0.643. The Morgan fingerprint density at radius 2 is 1.95 bits per heavy atom. The molecular formula is C14H18O6. The van der Waals surface area contributed by atoms with Gasteiger partial charge in [-0.2, -0.15) is 0 Å². The van der Waals surface area contributed by atoms with Crippen LogP contribution < -0.4 is 0 Å². The van der Waals surface area contributed by atoms with Gasteiger partial charge in [0.1, 0.15) is 11.5 Å². The highest BCUT2D eigenvalue weighted by Gasteiger charge is 2.62. The van der Waals surface area contributed by atoms with Gasteiger partial charge < -0.3 is 14.2 Å². The van der Waals surface area contributed by atoms with Crippen LogP contribution in [0.2, 0.25) is 0 Å². The lowest BCUT2D eigenvalue weighted by molar-refractivity contribution is -0.162. The zero-order chi connectivity index (χ0) is 14.9. The van der Waals surface area contributed by atoms with Gasteiger partial charge in [0.25, 0.3) is 0 Å². The molecule has 1 heterocycles. The van der Waals surface area contributed by atoms with Crippen molar-refractivity contribution in [1.82, 2.24) is 0 Å². The molecule has 0 aromatic heterocycles. The Bertz CT molecular complexity index is 460. The lowest BCUT2D eigenvalue weighted by Gasteiger charge is -2.27. The van der Waals surface area contributed by atoms with E-state index < -0.39 is 35.5 Å². The first kappa shape index (κ1) is 14.6. The molecule has 6 nitrogen and oxygen atoms in total. The Hall–Kier alpha value is -1.85. The third-order valence-electron chi connectivity index (χ3n) is 3.89. The van der Waals surface area contributed by atoms with Crippen LogP contribution in [0.4, 0.5) is 0 Å². The summed E-state index contributed by atoms with van der Waals surface area (Å²) in [6.07, 6.45) is 1.65. The maximum absolute atomic E-state index is 12.0. The summed E-state index contributed by atoms with van der Waals surface area (Å²) in [5, 5.41) is 0. The average molecular weight is 282 g/mol. The minimum atomic E-state index is -1.25. The standard InChI is InChI=1S/C14H18O6/c1-8(2)11(15)19-10-9(12(16)18-3)14(20-13(10)17)6-4-5-7-14/h9-10H,1,4-7H2,2-3H3. The SMILES string of the molecule is C=C(C)C(=O)OC1C(=O)OC2(CCCC2)C1C(=O)OC. The van der Waals surface area contributed by atoms with Crippen molar-refractivity contribution in [2.75, 3.05) is 7.11 Å². The first-order valence-electron chi connectivity index (χ1n) is 6.58. The van der Waals surface area contributed by atoms with Crippen molar-refractivity contribution in [3.05, 3.63) is 12.2 Å². The third-order valence-corrected chi connectivity index (χ3v) is 3.89. The average Bonchev–Trinajstić information content (AvgIpc) is 2.95. The molecule has 1 spiro atoms. The fourth-order valence-electron chi connectivity index (χ4n) is 2.92. The van der Waals surface area contributed by atoms with Crippen molar-refractivity contribution in [3.8, 4) is 0 Å². The molecule has 0 aromatic carbocycles. The highest BCUT2D eigenvalue weighted by Crippen LogP contribution is 2.47. The Labute approximate surface area is 117 Å². The first-order valence-corrected chi connectivity index (χ1v) is 6.58. The molecule has 110 valence electrons. The van der Waals surface area contributed by atoms with Gasteiger partial charge in [-0.3, -0.25) is 4.79 Å². The molecule has 1 saturated carbocycles. The number of carbonyl (C=O) groups excluding carboxylic acids is 3. The predicted molar refractivity (Wildman–Crippen MR) is 67.5 cm³/mol. The summed E-state index contributed by atoms with van der Waals surface area (Å²) in [6.45, 7) is 4.93. The Balaban J connectivity index is 2.29. The molecule has 2 aliphatic rings. The summed E-state index contributed by atoms with van der Waals surface area (Å²) in [7, 11) is 1.24. The van der Waals surface area contributed by atoms with Crippen LogP contribution in [0.3, 0.4) is 0 Å². The summed E-state index contributed by atoms with van der Waals surface area (Å²) >= 11 is 0. The van der Waals surface area contributed by atoms with Crippen LogP contribution >= 0.6 is 0 Å². The highest BCUT2D eigenvalue weighted by atomic mass is 16.6. The van der Waals surface area contributed by atoms with Gasteiger partial charge in [-0.1, -0.05) is 6.58 Å². The smallest absolute Gasteiger partial charge is 0.349 e. The van der Waals surface area contributed by atoms with Crippen molar-refractivity contribution in [2.24, 2.45) is 5.92 Å². The van der Waals surface area contributed by atoms with Gasteiger partial charge in [0.2, 0.25) is 6.10 Å². The van der Waals surface area contributed by atoms with Crippen LogP contribution in [0.5, 0.6) is 0 Å². The molecule has 2 unspecified atom stereocenters. The van der Waals surface area contributed by atoms with Crippen molar-refractivity contribution in [1.29, 1.82) is 0 Å². The maximum atomic E-state index is 12.0. The van der Waals surface area contributed by atoms with E-state index in [0.29, 0.717) is 12.8 Å². The number of hydrogen-bond donors (Lipinski definition) is 0. The predicted octanol–water partition coefficient (Wildman–Crippen LogP) is 1.13. The summed E-state index contributed by atoms with van der Waals surface area (Å²) < 4.78 is 15.2. The van der Waals surface area contributed by atoms with E-state index in [-0.39, 0.29) is 5.57 Å². The van der Waals surface area contributed by atoms with E-state index in [1.54, 1.807) is 0 Å². The maximum Gasteiger partial charge on any atom is 0.349 e. The van der Waals surface area contributed by atoms with Gasteiger partial charge in [0.15, 0.2) is 0 Å². The van der Waals surface area contributed by atoms with Gasteiger partial charge in [-0.05, 0) is 32.6 Å². The molecule has 1 saturated heterocycles. The molecule has 1 aliphatic carbocycles. The first-order chi connectivity index (χ1) is 9.41. The summed E-state index contributed by atoms with van der Waals surface area (Å²) in [4.78, 5) is 35.6. The minimum Gasteiger partial charge on any atom is -0.469 e. The topological polar surface area (TPSA) is 78.9 Å². The van der Waals surface area contributed by atoms with Crippen molar-refractivity contribution >= 4 is 17.9 Å². The van der Waals surface area contributed by atoms with Crippen LogP contribution in [0.25, 0.3) is 0 Å². The van der Waals surface area contributed by atoms with E-state index in [1.807, 2.05) is 0 Å². The van der Waals surface area contributed by atoms with E-state index in [1.165, 1.54) is 14.0 Å². The lowest BCUT2D eigenvalue weighted by Crippen LogP contribution is -2.43. The molecule has 0 radical (unpaired) electrons. The normalized spacial score (nSPS) is 27.2. The molecule has 0 amide bonds. The van der Waals surface area contributed by atoms with E-state index in [0.717, 1.165) is 12.8 Å². The number of methoxy groups -OCH3 is 1. The molecule has 1 aliphatic heterocycles. The monoisotopic (exact) mass is 282 g/mol. The van der Waals surface area contributed by atoms with Crippen LogP contribution in [-0.2, 0) is 28.6 Å². The van der Waals surface area contributed by atoms with Crippen LogP contribution in [0.1, 0.15) is 32.6 Å². The second-order valence-electron chi connectivity index (χ2n) is 5.30. The van der Waals surface area contributed by atoms with Crippen LogP contribution in [0.15, 0.2) is 12.2 Å². The molecule has 0 aromatic rings. The number of carbonyl (C=O) groups is 3. The van der Waals surface area contributed by atoms with E-state index >= 15 is 0 Å². The van der Waals surface area contributed by atoms with Crippen LogP contribution in [-0.4, -0.2) is 36.7 Å². The lowest BCUT2D eigenvalue weighted by atomic mass is 9.84. The molecular weight excluding hydrogens is 264 g/mol. The molecule has 2 atom stereocenters. The largest absolute Gasteiger partial charge is 0.469 e. The van der Waals surface area contributed by atoms with Gasteiger partial charge in [-0.15, -0.1) is 0 Å².